The van der Waals surface area contributed by atoms with Crippen LogP contribution in [0.4, 0.5) is 0 Å². The molecule has 0 aliphatic heterocycles. The summed E-state index contributed by atoms with van der Waals surface area (Å²) in [6, 6.07) is 6.16. The molecule has 0 radical (unpaired) electrons. The lowest BCUT2D eigenvalue weighted by Gasteiger charge is -2.21. The van der Waals surface area contributed by atoms with Crippen LogP contribution in [0.25, 0.3) is 0 Å². The first-order chi connectivity index (χ1) is 10.8. The SMILES string of the molecule is CCC(C)NCc1cccc(OC)c1OCC(=O)NC(C)(C)C. The number of hydrogen-bond donors (Lipinski definition) is 2. The summed E-state index contributed by atoms with van der Waals surface area (Å²) < 4.78 is 11.1. The van der Waals surface area contributed by atoms with E-state index in [1.165, 1.54) is 0 Å². The topological polar surface area (TPSA) is 59.6 Å². The van der Waals surface area contributed by atoms with Crippen LogP contribution in [0.15, 0.2) is 18.2 Å². The number of ether oxygens (including phenoxy) is 2. The molecule has 0 spiro atoms. The number of nitrogens with one attached hydrogen (secondary N) is 2. The molecule has 1 atom stereocenters. The number of carbonyl (C=O) groups is 1. The average Bonchev–Trinajstić information content (AvgIpc) is 2.48. The molecule has 130 valence electrons. The summed E-state index contributed by atoms with van der Waals surface area (Å²) in [6.45, 7) is 10.7. The second-order valence-corrected chi connectivity index (χ2v) is 6.73. The van der Waals surface area contributed by atoms with Gasteiger partial charge in [-0.1, -0.05) is 19.1 Å². The van der Waals surface area contributed by atoms with Gasteiger partial charge < -0.3 is 20.1 Å². The molecule has 0 aliphatic carbocycles. The van der Waals surface area contributed by atoms with Gasteiger partial charge in [0.15, 0.2) is 18.1 Å². The molecule has 1 unspecified atom stereocenters. The lowest BCUT2D eigenvalue weighted by atomic mass is 10.1. The standard InChI is InChI=1S/C18H30N2O3/c1-7-13(2)19-11-14-9-8-10-15(22-6)17(14)23-12-16(21)20-18(3,4)5/h8-10,13,19H,7,11-12H2,1-6H3,(H,20,21). The Balaban J connectivity index is 2.80. The number of hydrogen-bond acceptors (Lipinski definition) is 4. The Morgan fingerprint density at radius 1 is 1.30 bits per heavy atom. The van der Waals surface area contributed by atoms with Crippen LogP contribution >= 0.6 is 0 Å². The van der Waals surface area contributed by atoms with Crippen molar-refractivity contribution in [3.63, 3.8) is 0 Å². The minimum absolute atomic E-state index is 0.0338. The molecule has 2 N–H and O–H groups in total. The third-order valence-corrected chi connectivity index (χ3v) is 3.40. The molecule has 1 aromatic rings. The van der Waals surface area contributed by atoms with Crippen LogP contribution in [-0.2, 0) is 11.3 Å². The van der Waals surface area contributed by atoms with Crippen LogP contribution in [0, 0.1) is 0 Å². The molecule has 0 bridgehead atoms. The second kappa shape index (κ2) is 8.77. The Labute approximate surface area is 139 Å². The molecule has 5 heteroatoms. The molecule has 23 heavy (non-hydrogen) atoms. The van der Waals surface area contributed by atoms with E-state index < -0.39 is 0 Å². The van der Waals surface area contributed by atoms with E-state index in [1.54, 1.807) is 7.11 Å². The van der Waals surface area contributed by atoms with E-state index >= 15 is 0 Å². The maximum Gasteiger partial charge on any atom is 0.258 e. The molecule has 5 nitrogen and oxygen atoms in total. The summed E-state index contributed by atoms with van der Waals surface area (Å²) in [6.07, 6.45) is 1.05. The highest BCUT2D eigenvalue weighted by molar-refractivity contribution is 5.78. The van der Waals surface area contributed by atoms with Crippen molar-refractivity contribution in [3.8, 4) is 11.5 Å². The maximum absolute atomic E-state index is 12.0. The van der Waals surface area contributed by atoms with Gasteiger partial charge in [0.05, 0.1) is 7.11 Å². The number of methoxy groups -OCH3 is 1. The molecule has 1 amide bonds. The van der Waals surface area contributed by atoms with Gasteiger partial charge >= 0.3 is 0 Å². The Kier molecular flexibility index (Phi) is 7.36. The fourth-order valence-corrected chi connectivity index (χ4v) is 2.05. The third-order valence-electron chi connectivity index (χ3n) is 3.40. The fraction of sp³-hybridized carbons (Fsp3) is 0.611. The van der Waals surface area contributed by atoms with Crippen molar-refractivity contribution in [2.45, 2.75) is 59.2 Å². The molecule has 0 fully saturated rings. The van der Waals surface area contributed by atoms with Crippen LogP contribution in [0.1, 0.15) is 46.6 Å². The average molecular weight is 322 g/mol. The Morgan fingerprint density at radius 2 is 2.00 bits per heavy atom. The number of para-hydroxylation sites is 1. The first kappa shape index (κ1) is 19.3. The van der Waals surface area contributed by atoms with Gasteiger partial charge in [0.2, 0.25) is 0 Å². The monoisotopic (exact) mass is 322 g/mol. The zero-order valence-corrected chi connectivity index (χ0v) is 15.2. The highest BCUT2D eigenvalue weighted by atomic mass is 16.5. The molecule has 0 heterocycles. The summed E-state index contributed by atoms with van der Waals surface area (Å²) in [5, 5.41) is 6.32. The molecule has 0 saturated carbocycles. The second-order valence-electron chi connectivity index (χ2n) is 6.73. The van der Waals surface area contributed by atoms with Crippen molar-refractivity contribution in [1.82, 2.24) is 10.6 Å². The predicted molar refractivity (Wildman–Crippen MR) is 93.0 cm³/mol. The van der Waals surface area contributed by atoms with E-state index in [1.807, 2.05) is 39.0 Å². The summed E-state index contributed by atoms with van der Waals surface area (Å²) >= 11 is 0. The van der Waals surface area contributed by atoms with E-state index in [9.17, 15) is 4.79 Å². The predicted octanol–water partition coefficient (Wildman–Crippen LogP) is 2.88. The van der Waals surface area contributed by atoms with E-state index in [4.69, 9.17) is 9.47 Å². The minimum atomic E-state index is -0.276. The van der Waals surface area contributed by atoms with Gasteiger partial charge in [-0.3, -0.25) is 4.79 Å². The van der Waals surface area contributed by atoms with E-state index in [-0.39, 0.29) is 18.1 Å². The van der Waals surface area contributed by atoms with Crippen molar-refractivity contribution in [3.05, 3.63) is 23.8 Å². The van der Waals surface area contributed by atoms with Crippen LogP contribution in [0.3, 0.4) is 0 Å². The van der Waals surface area contributed by atoms with Gasteiger partial charge in [-0.2, -0.15) is 0 Å². The van der Waals surface area contributed by atoms with Crippen LogP contribution < -0.4 is 20.1 Å². The quantitative estimate of drug-likeness (QED) is 0.772. The fourth-order valence-electron chi connectivity index (χ4n) is 2.05. The van der Waals surface area contributed by atoms with Crippen LogP contribution in [-0.4, -0.2) is 31.2 Å². The smallest absolute Gasteiger partial charge is 0.258 e. The summed E-state index contributed by atoms with van der Waals surface area (Å²) in [4.78, 5) is 12.0. The molecular weight excluding hydrogens is 292 g/mol. The number of carbonyl (C=O) groups excluding carboxylic acids is 1. The van der Waals surface area contributed by atoms with Crippen molar-refractivity contribution in [2.24, 2.45) is 0 Å². The van der Waals surface area contributed by atoms with E-state index in [2.05, 4.69) is 24.5 Å². The minimum Gasteiger partial charge on any atom is -0.493 e. The van der Waals surface area contributed by atoms with Crippen LogP contribution in [0.2, 0.25) is 0 Å². The van der Waals surface area contributed by atoms with Crippen LogP contribution in [0.5, 0.6) is 11.5 Å². The van der Waals surface area contributed by atoms with Gasteiger partial charge in [0.25, 0.3) is 5.91 Å². The van der Waals surface area contributed by atoms with Crippen molar-refractivity contribution in [1.29, 1.82) is 0 Å². The first-order valence-corrected chi connectivity index (χ1v) is 8.10. The third kappa shape index (κ3) is 6.91. The van der Waals surface area contributed by atoms with Gasteiger partial charge in [-0.25, -0.2) is 0 Å². The van der Waals surface area contributed by atoms with E-state index in [0.29, 0.717) is 24.1 Å². The first-order valence-electron chi connectivity index (χ1n) is 8.10. The largest absolute Gasteiger partial charge is 0.493 e. The van der Waals surface area contributed by atoms with Crippen molar-refractivity contribution >= 4 is 5.91 Å². The lowest BCUT2D eigenvalue weighted by Crippen LogP contribution is -2.43. The zero-order valence-electron chi connectivity index (χ0n) is 15.2. The van der Waals surface area contributed by atoms with Gasteiger partial charge in [-0.15, -0.1) is 0 Å². The highest BCUT2D eigenvalue weighted by Crippen LogP contribution is 2.31. The maximum atomic E-state index is 12.0. The molecule has 0 saturated heterocycles. The van der Waals surface area contributed by atoms with Crippen molar-refractivity contribution < 1.29 is 14.3 Å². The molecule has 0 aromatic heterocycles. The van der Waals surface area contributed by atoms with Gasteiger partial charge in [-0.05, 0) is 40.2 Å². The highest BCUT2D eigenvalue weighted by Gasteiger charge is 2.16. The number of amides is 1. The molecule has 1 rings (SSSR count). The van der Waals surface area contributed by atoms with Gasteiger partial charge in [0, 0.05) is 23.7 Å². The summed E-state index contributed by atoms with van der Waals surface area (Å²) in [5.74, 6) is 1.11. The molecular formula is C18H30N2O3. The summed E-state index contributed by atoms with van der Waals surface area (Å²) in [5.41, 5.74) is 0.704. The molecule has 0 aliphatic rings. The zero-order chi connectivity index (χ0) is 17.5. The van der Waals surface area contributed by atoms with Crippen molar-refractivity contribution in [2.75, 3.05) is 13.7 Å². The number of rotatable bonds is 8. The lowest BCUT2D eigenvalue weighted by molar-refractivity contribution is -0.124. The van der Waals surface area contributed by atoms with Gasteiger partial charge in [0.1, 0.15) is 0 Å². The number of benzene rings is 1. The Hall–Kier alpha value is -1.75. The van der Waals surface area contributed by atoms with E-state index in [0.717, 1.165) is 12.0 Å². The Bertz CT molecular complexity index is 509. The Morgan fingerprint density at radius 3 is 2.57 bits per heavy atom. The molecule has 1 aromatic carbocycles. The summed E-state index contributed by atoms with van der Waals surface area (Å²) in [7, 11) is 1.60. The normalized spacial score (nSPS) is 12.6.